The first-order chi connectivity index (χ1) is 12.1. The minimum Gasteiger partial charge on any atom is -0.315 e. The molecule has 2 rings (SSSR count). The lowest BCUT2D eigenvalue weighted by atomic mass is 9.95. The number of nitrogens with one attached hydrogen (secondary N) is 3. The maximum absolute atomic E-state index is 12.1. The molecule has 0 radical (unpaired) electrons. The van der Waals surface area contributed by atoms with Crippen LogP contribution in [0.3, 0.4) is 0 Å². The van der Waals surface area contributed by atoms with Crippen LogP contribution in [0.15, 0.2) is 29.2 Å². The van der Waals surface area contributed by atoms with Crippen LogP contribution >= 0.6 is 36.4 Å². The van der Waals surface area contributed by atoms with Crippen LogP contribution in [0.5, 0.6) is 0 Å². The lowest BCUT2D eigenvalue weighted by molar-refractivity contribution is 0.372. The highest BCUT2D eigenvalue weighted by atomic mass is 35.5. The van der Waals surface area contributed by atoms with Gasteiger partial charge < -0.3 is 10.6 Å². The molecule has 1 aromatic carbocycles. The molecule has 1 fully saturated rings. The zero-order chi connectivity index (χ0) is 18.0. The molecule has 0 amide bonds. The second kappa shape index (κ2) is 14.9. The van der Waals surface area contributed by atoms with Gasteiger partial charge in [-0.05, 0) is 56.5 Å². The fourth-order valence-corrected chi connectivity index (χ4v) is 4.28. The first-order valence-electron chi connectivity index (χ1n) is 9.27. The van der Waals surface area contributed by atoms with Gasteiger partial charge in [-0.1, -0.05) is 30.9 Å². The summed E-state index contributed by atoms with van der Waals surface area (Å²) in [6, 6.07) is 6.91. The minimum atomic E-state index is -3.43. The Morgan fingerprint density at radius 3 is 2.19 bits per heavy atom. The Kier molecular flexibility index (Phi) is 14.8. The van der Waals surface area contributed by atoms with Crippen LogP contribution in [0.25, 0.3) is 0 Å². The van der Waals surface area contributed by atoms with Crippen molar-refractivity contribution in [2.24, 2.45) is 0 Å². The fraction of sp³-hybridized carbons (Fsp3) is 0.667. The molecule has 1 aliphatic carbocycles. The second-order valence-corrected chi connectivity index (χ2v) is 8.80. The summed E-state index contributed by atoms with van der Waals surface area (Å²) in [7, 11) is -3.43. The highest BCUT2D eigenvalue weighted by Crippen LogP contribution is 2.17. The molecule has 5 nitrogen and oxygen atoms in total. The van der Waals surface area contributed by atoms with Crippen LogP contribution < -0.4 is 15.4 Å². The number of hydrogen-bond donors (Lipinski definition) is 3. The molecule has 0 bridgehead atoms. The Hall–Kier alpha value is -0.0800. The molecule has 0 aliphatic heterocycles. The van der Waals surface area contributed by atoms with Crippen LogP contribution in [0.1, 0.15) is 44.9 Å². The molecule has 3 N–H and O–H groups in total. The summed E-state index contributed by atoms with van der Waals surface area (Å²) in [4.78, 5) is 0.254. The highest BCUT2D eigenvalue weighted by molar-refractivity contribution is 7.89. The van der Waals surface area contributed by atoms with Crippen molar-refractivity contribution in [1.82, 2.24) is 15.4 Å². The molecule has 0 atom stereocenters. The van der Waals surface area contributed by atoms with Crippen molar-refractivity contribution in [3.05, 3.63) is 29.3 Å². The molecule has 0 spiro atoms. The zero-order valence-electron chi connectivity index (χ0n) is 15.6. The standard InChI is InChI=1S/C18H30ClN3O2S.2ClH/c19-16-8-10-18(11-9-16)25(23,24)22-13-5-4-12-20-14-15-21-17-6-2-1-3-7-17;;/h8-11,17,20-22H,1-7,12-15H2;2*1H. The highest BCUT2D eigenvalue weighted by Gasteiger charge is 2.13. The third-order valence-electron chi connectivity index (χ3n) is 4.54. The van der Waals surface area contributed by atoms with Gasteiger partial charge >= 0.3 is 0 Å². The predicted molar refractivity (Wildman–Crippen MR) is 118 cm³/mol. The number of rotatable bonds is 11. The molecular formula is C18H32Cl3N3O2S. The van der Waals surface area contributed by atoms with Crippen LogP contribution in [0.2, 0.25) is 5.02 Å². The Bertz CT molecular complexity index is 594. The monoisotopic (exact) mass is 459 g/mol. The molecule has 1 aliphatic rings. The van der Waals surface area contributed by atoms with Crippen molar-refractivity contribution in [1.29, 1.82) is 0 Å². The van der Waals surface area contributed by atoms with Gasteiger partial charge in [0.1, 0.15) is 0 Å². The van der Waals surface area contributed by atoms with E-state index in [1.54, 1.807) is 12.1 Å². The maximum Gasteiger partial charge on any atom is 0.240 e. The summed E-state index contributed by atoms with van der Waals surface area (Å²) in [5.41, 5.74) is 0. The maximum atomic E-state index is 12.1. The summed E-state index contributed by atoms with van der Waals surface area (Å²) >= 11 is 5.78. The van der Waals surface area contributed by atoms with E-state index in [1.165, 1.54) is 44.2 Å². The van der Waals surface area contributed by atoms with E-state index in [0.29, 0.717) is 17.6 Å². The Labute approximate surface area is 181 Å². The van der Waals surface area contributed by atoms with E-state index in [1.807, 2.05) is 0 Å². The topological polar surface area (TPSA) is 70.2 Å². The first kappa shape index (κ1) is 26.9. The molecule has 1 aromatic rings. The van der Waals surface area contributed by atoms with Gasteiger partial charge in [0.2, 0.25) is 10.0 Å². The summed E-state index contributed by atoms with van der Waals surface area (Å²) in [5, 5.41) is 7.54. The predicted octanol–water partition coefficient (Wildman–Crippen LogP) is 3.75. The van der Waals surface area contributed by atoms with Crippen LogP contribution in [0, 0.1) is 0 Å². The third-order valence-corrected chi connectivity index (χ3v) is 6.27. The van der Waals surface area contributed by atoms with Gasteiger partial charge in [-0.15, -0.1) is 24.8 Å². The van der Waals surface area contributed by atoms with Crippen molar-refractivity contribution in [3.63, 3.8) is 0 Å². The van der Waals surface area contributed by atoms with Crippen molar-refractivity contribution in [3.8, 4) is 0 Å². The van der Waals surface area contributed by atoms with E-state index in [2.05, 4.69) is 15.4 Å². The number of halogens is 3. The van der Waals surface area contributed by atoms with E-state index in [9.17, 15) is 8.42 Å². The van der Waals surface area contributed by atoms with Gasteiger partial charge in [0, 0.05) is 30.7 Å². The average Bonchev–Trinajstić information content (AvgIpc) is 2.61. The Morgan fingerprint density at radius 2 is 1.52 bits per heavy atom. The lowest BCUT2D eigenvalue weighted by Crippen LogP contribution is -2.36. The Morgan fingerprint density at radius 1 is 0.889 bits per heavy atom. The van der Waals surface area contributed by atoms with E-state index in [4.69, 9.17) is 11.6 Å². The average molecular weight is 461 g/mol. The summed E-state index contributed by atoms with van der Waals surface area (Å²) in [6.07, 6.45) is 8.50. The molecule has 0 aromatic heterocycles. The summed E-state index contributed by atoms with van der Waals surface area (Å²) in [5.74, 6) is 0. The van der Waals surface area contributed by atoms with Gasteiger partial charge in [-0.3, -0.25) is 0 Å². The molecule has 0 heterocycles. The largest absolute Gasteiger partial charge is 0.315 e. The van der Waals surface area contributed by atoms with Crippen LogP contribution in [-0.4, -0.2) is 40.6 Å². The minimum absolute atomic E-state index is 0. The van der Waals surface area contributed by atoms with Crippen LogP contribution in [0.4, 0.5) is 0 Å². The third kappa shape index (κ3) is 10.9. The van der Waals surface area contributed by atoms with Crippen molar-refractivity contribution < 1.29 is 8.42 Å². The molecule has 1 saturated carbocycles. The summed E-state index contributed by atoms with van der Waals surface area (Å²) < 4.78 is 26.8. The van der Waals surface area contributed by atoms with Crippen molar-refractivity contribution in [2.45, 2.75) is 55.9 Å². The quantitative estimate of drug-likeness (QED) is 0.440. The molecule has 9 heteroatoms. The Balaban J connectivity index is 0.00000338. The molecule has 0 unspecified atom stereocenters. The number of sulfonamides is 1. The first-order valence-corrected chi connectivity index (χ1v) is 11.1. The summed E-state index contributed by atoms with van der Waals surface area (Å²) in [6.45, 7) is 3.34. The zero-order valence-corrected chi connectivity index (χ0v) is 18.8. The second-order valence-electron chi connectivity index (χ2n) is 6.60. The van der Waals surface area contributed by atoms with Gasteiger partial charge in [-0.25, -0.2) is 13.1 Å². The van der Waals surface area contributed by atoms with E-state index in [0.717, 1.165) is 32.5 Å². The molecule has 27 heavy (non-hydrogen) atoms. The molecule has 158 valence electrons. The number of benzene rings is 1. The fourth-order valence-electron chi connectivity index (χ4n) is 3.08. The lowest BCUT2D eigenvalue weighted by Gasteiger charge is -2.22. The molecule has 0 saturated heterocycles. The van der Waals surface area contributed by atoms with Gasteiger partial charge in [0.05, 0.1) is 4.90 Å². The SMILES string of the molecule is Cl.Cl.O=S(=O)(NCCCCNCCNC1CCCCC1)c1ccc(Cl)cc1. The van der Waals surface area contributed by atoms with Crippen molar-refractivity contribution >= 4 is 46.4 Å². The molecular weight excluding hydrogens is 429 g/mol. The van der Waals surface area contributed by atoms with Gasteiger partial charge in [0.25, 0.3) is 0 Å². The van der Waals surface area contributed by atoms with Crippen LogP contribution in [-0.2, 0) is 10.0 Å². The van der Waals surface area contributed by atoms with E-state index < -0.39 is 10.0 Å². The van der Waals surface area contributed by atoms with Gasteiger partial charge in [-0.2, -0.15) is 0 Å². The van der Waals surface area contributed by atoms with Gasteiger partial charge in [0.15, 0.2) is 0 Å². The van der Waals surface area contributed by atoms with Crippen molar-refractivity contribution in [2.75, 3.05) is 26.2 Å². The smallest absolute Gasteiger partial charge is 0.240 e. The normalized spacial score (nSPS) is 15.0. The van der Waals surface area contributed by atoms with E-state index in [-0.39, 0.29) is 29.7 Å². The number of hydrogen-bond acceptors (Lipinski definition) is 4. The number of unbranched alkanes of at least 4 members (excludes halogenated alkanes) is 1. The van der Waals surface area contributed by atoms with E-state index >= 15 is 0 Å².